The Kier molecular flexibility index (Phi) is 6.49. The van der Waals surface area contributed by atoms with E-state index >= 15 is 0 Å². The second-order valence-corrected chi connectivity index (χ2v) is 5.99. The molecule has 4 nitrogen and oxygen atoms in total. The lowest BCUT2D eigenvalue weighted by Gasteiger charge is -2.30. The Bertz CT molecular complexity index is 407. The van der Waals surface area contributed by atoms with Gasteiger partial charge in [-0.05, 0) is 44.6 Å². The van der Waals surface area contributed by atoms with Crippen LogP contribution in [0.2, 0.25) is 0 Å². The fraction of sp³-hybridized carbons (Fsp3) is 0.647. The van der Waals surface area contributed by atoms with Crippen LogP contribution in [0.25, 0.3) is 0 Å². The van der Waals surface area contributed by atoms with Gasteiger partial charge in [-0.3, -0.25) is 0 Å². The van der Waals surface area contributed by atoms with Crippen LogP contribution in [-0.4, -0.2) is 57.9 Å². The summed E-state index contributed by atoms with van der Waals surface area (Å²) < 4.78 is 5.04. The maximum absolute atomic E-state index is 5.04. The number of benzene rings is 1. The summed E-state index contributed by atoms with van der Waals surface area (Å²) in [5, 5.41) is 3.38. The van der Waals surface area contributed by atoms with E-state index in [1.807, 2.05) is 0 Å². The maximum Gasteiger partial charge on any atom is 0.0587 e. The van der Waals surface area contributed by atoms with Crippen molar-refractivity contribution in [3.63, 3.8) is 0 Å². The molecule has 21 heavy (non-hydrogen) atoms. The first-order chi connectivity index (χ1) is 10.2. The van der Waals surface area contributed by atoms with E-state index < -0.39 is 0 Å². The van der Waals surface area contributed by atoms with Gasteiger partial charge >= 0.3 is 0 Å². The maximum atomic E-state index is 5.04. The molecule has 0 radical (unpaired) electrons. The normalized spacial score (nSPS) is 20.5. The smallest absolute Gasteiger partial charge is 0.0587 e. The van der Waals surface area contributed by atoms with Gasteiger partial charge < -0.3 is 19.9 Å². The summed E-state index contributed by atoms with van der Waals surface area (Å²) in [6.45, 7) is 8.37. The Morgan fingerprint density at radius 2 is 2.00 bits per heavy atom. The molecule has 1 saturated heterocycles. The molecule has 1 atom stereocenters. The Labute approximate surface area is 129 Å². The third-order valence-electron chi connectivity index (χ3n) is 4.13. The van der Waals surface area contributed by atoms with Crippen molar-refractivity contribution in [1.29, 1.82) is 0 Å². The predicted octanol–water partition coefficient (Wildman–Crippen LogP) is 1.95. The largest absolute Gasteiger partial charge is 0.383 e. The van der Waals surface area contributed by atoms with Gasteiger partial charge in [-0.15, -0.1) is 0 Å². The fourth-order valence-electron chi connectivity index (χ4n) is 2.97. The molecule has 1 fully saturated rings. The van der Waals surface area contributed by atoms with Crippen molar-refractivity contribution in [2.24, 2.45) is 0 Å². The number of likely N-dealkylation sites (N-methyl/N-ethyl adjacent to an activating group) is 1. The van der Waals surface area contributed by atoms with E-state index in [-0.39, 0.29) is 0 Å². The summed E-state index contributed by atoms with van der Waals surface area (Å²) in [6.07, 6.45) is 1.24. The van der Waals surface area contributed by atoms with Crippen LogP contribution in [0.4, 0.5) is 5.69 Å². The highest BCUT2D eigenvalue weighted by atomic mass is 16.5. The van der Waals surface area contributed by atoms with Gasteiger partial charge in [0, 0.05) is 45.0 Å². The van der Waals surface area contributed by atoms with Crippen molar-refractivity contribution in [1.82, 2.24) is 10.2 Å². The van der Waals surface area contributed by atoms with Crippen LogP contribution in [0.1, 0.15) is 18.9 Å². The van der Waals surface area contributed by atoms with Gasteiger partial charge in [0.2, 0.25) is 0 Å². The standard InChI is InChI=1S/C17H29N3O/c1-15-14-19(2)10-4-11-20(15)17-7-5-16(6-8-17)13-18-9-12-21-3/h5-8,15,18H,4,9-14H2,1-3H3. The van der Waals surface area contributed by atoms with E-state index in [0.29, 0.717) is 6.04 Å². The van der Waals surface area contributed by atoms with Gasteiger partial charge in [0.05, 0.1) is 6.61 Å². The highest BCUT2D eigenvalue weighted by Gasteiger charge is 2.19. The average Bonchev–Trinajstić information content (AvgIpc) is 2.65. The van der Waals surface area contributed by atoms with Crippen LogP contribution < -0.4 is 10.2 Å². The van der Waals surface area contributed by atoms with Crippen LogP contribution in [0.3, 0.4) is 0 Å². The van der Waals surface area contributed by atoms with Crippen LogP contribution in [0.5, 0.6) is 0 Å². The first-order valence-electron chi connectivity index (χ1n) is 7.94. The minimum atomic E-state index is 0.572. The Morgan fingerprint density at radius 1 is 1.24 bits per heavy atom. The number of hydrogen-bond acceptors (Lipinski definition) is 4. The molecule has 0 aromatic heterocycles. The zero-order chi connectivity index (χ0) is 15.1. The third kappa shape index (κ3) is 4.99. The van der Waals surface area contributed by atoms with E-state index in [1.165, 1.54) is 24.2 Å². The van der Waals surface area contributed by atoms with Gasteiger partial charge in [-0.1, -0.05) is 12.1 Å². The van der Waals surface area contributed by atoms with Gasteiger partial charge in [-0.2, -0.15) is 0 Å². The minimum absolute atomic E-state index is 0.572. The molecule has 1 N–H and O–H groups in total. The molecular weight excluding hydrogens is 262 g/mol. The number of nitrogens with zero attached hydrogens (tertiary/aromatic N) is 2. The van der Waals surface area contributed by atoms with Gasteiger partial charge in [0.1, 0.15) is 0 Å². The zero-order valence-corrected chi connectivity index (χ0v) is 13.6. The molecule has 1 unspecified atom stereocenters. The van der Waals surface area contributed by atoms with E-state index in [0.717, 1.165) is 32.8 Å². The molecule has 1 heterocycles. The first kappa shape index (κ1) is 16.3. The highest BCUT2D eigenvalue weighted by Crippen LogP contribution is 2.20. The number of methoxy groups -OCH3 is 1. The van der Waals surface area contributed by atoms with Crippen molar-refractivity contribution in [2.45, 2.75) is 25.9 Å². The lowest BCUT2D eigenvalue weighted by Crippen LogP contribution is -2.37. The molecule has 2 rings (SSSR count). The summed E-state index contributed by atoms with van der Waals surface area (Å²) in [5.74, 6) is 0. The predicted molar refractivity (Wildman–Crippen MR) is 88.9 cm³/mol. The van der Waals surface area contributed by atoms with Crippen molar-refractivity contribution >= 4 is 5.69 Å². The number of ether oxygens (including phenoxy) is 1. The van der Waals surface area contributed by atoms with Crippen LogP contribution >= 0.6 is 0 Å². The molecular formula is C17H29N3O. The van der Waals surface area contributed by atoms with E-state index in [2.05, 4.69) is 53.4 Å². The van der Waals surface area contributed by atoms with Crippen molar-refractivity contribution in [3.8, 4) is 0 Å². The molecule has 0 bridgehead atoms. The number of hydrogen-bond donors (Lipinski definition) is 1. The van der Waals surface area contributed by atoms with Crippen LogP contribution in [0, 0.1) is 0 Å². The molecule has 0 amide bonds. The summed E-state index contributed by atoms with van der Waals surface area (Å²) in [4.78, 5) is 4.96. The van der Waals surface area contributed by atoms with Gasteiger partial charge in [0.15, 0.2) is 0 Å². The molecule has 118 valence electrons. The average molecular weight is 291 g/mol. The summed E-state index contributed by atoms with van der Waals surface area (Å²) in [5.41, 5.74) is 2.67. The number of nitrogens with one attached hydrogen (secondary N) is 1. The molecule has 4 heteroatoms. The second-order valence-electron chi connectivity index (χ2n) is 5.99. The molecule has 0 saturated carbocycles. The summed E-state index contributed by atoms with van der Waals surface area (Å²) in [6, 6.07) is 9.56. The zero-order valence-electron chi connectivity index (χ0n) is 13.6. The van der Waals surface area contributed by atoms with E-state index in [9.17, 15) is 0 Å². The summed E-state index contributed by atoms with van der Waals surface area (Å²) in [7, 11) is 3.95. The van der Waals surface area contributed by atoms with Crippen LogP contribution in [0.15, 0.2) is 24.3 Å². The highest BCUT2D eigenvalue weighted by molar-refractivity contribution is 5.48. The molecule has 1 aliphatic heterocycles. The number of anilines is 1. The Morgan fingerprint density at radius 3 is 2.71 bits per heavy atom. The molecule has 0 spiro atoms. The molecule has 0 aliphatic carbocycles. The van der Waals surface area contributed by atoms with Crippen LogP contribution in [-0.2, 0) is 11.3 Å². The lowest BCUT2D eigenvalue weighted by atomic mass is 10.1. The quantitative estimate of drug-likeness (QED) is 0.811. The Hall–Kier alpha value is -1.10. The molecule has 1 aromatic rings. The van der Waals surface area contributed by atoms with Gasteiger partial charge in [0.25, 0.3) is 0 Å². The van der Waals surface area contributed by atoms with Gasteiger partial charge in [-0.25, -0.2) is 0 Å². The van der Waals surface area contributed by atoms with E-state index in [1.54, 1.807) is 7.11 Å². The minimum Gasteiger partial charge on any atom is -0.383 e. The van der Waals surface area contributed by atoms with Crippen molar-refractivity contribution < 1.29 is 4.74 Å². The third-order valence-corrected chi connectivity index (χ3v) is 4.13. The fourth-order valence-corrected chi connectivity index (χ4v) is 2.97. The molecule has 1 aromatic carbocycles. The van der Waals surface area contributed by atoms with E-state index in [4.69, 9.17) is 4.74 Å². The monoisotopic (exact) mass is 291 g/mol. The number of rotatable bonds is 6. The molecule has 1 aliphatic rings. The van der Waals surface area contributed by atoms with Crippen molar-refractivity contribution in [2.75, 3.05) is 51.8 Å². The SMILES string of the molecule is COCCNCc1ccc(N2CCCN(C)CC2C)cc1. The topological polar surface area (TPSA) is 27.7 Å². The first-order valence-corrected chi connectivity index (χ1v) is 7.94. The second kappa shape index (κ2) is 8.37. The Balaban J connectivity index is 1.91. The lowest BCUT2D eigenvalue weighted by molar-refractivity contribution is 0.199. The van der Waals surface area contributed by atoms with Crippen molar-refractivity contribution in [3.05, 3.63) is 29.8 Å². The summed E-state index contributed by atoms with van der Waals surface area (Å²) >= 11 is 0.